The van der Waals surface area contributed by atoms with Gasteiger partial charge >= 0.3 is 0 Å². The van der Waals surface area contributed by atoms with Crippen LogP contribution in [0.3, 0.4) is 0 Å². The number of carbonyl (C=O) groups excluding carboxylic acids is 1. The van der Waals surface area contributed by atoms with Crippen LogP contribution in [0.1, 0.15) is 18.1 Å². The quantitative estimate of drug-likeness (QED) is 0.800. The predicted octanol–water partition coefficient (Wildman–Crippen LogP) is 0.893. The Morgan fingerprint density at radius 1 is 1.39 bits per heavy atom. The fraction of sp³-hybridized carbons (Fsp3) is 0.500. The smallest absolute Gasteiger partial charge is 0.233 e. The first kappa shape index (κ1) is 11.7. The summed E-state index contributed by atoms with van der Waals surface area (Å²) in [4.78, 5) is 14.5. The van der Waals surface area contributed by atoms with E-state index in [2.05, 4.69) is 12.1 Å². The first-order valence-corrected chi connectivity index (χ1v) is 6.31. The van der Waals surface area contributed by atoms with Crippen LogP contribution in [0.4, 0.5) is 0 Å². The highest BCUT2D eigenvalue weighted by Gasteiger charge is 2.47. The molecule has 2 N–H and O–H groups in total. The highest BCUT2D eigenvalue weighted by molar-refractivity contribution is 5.84. The fourth-order valence-electron chi connectivity index (χ4n) is 2.75. The molecule has 0 radical (unpaired) electrons. The SMILES string of the molecule is CC1(C(=O)N2Cc3ccccc3C2)COCC1N. The summed E-state index contributed by atoms with van der Waals surface area (Å²) in [6, 6.07) is 7.98. The number of nitrogens with two attached hydrogens (primary N) is 1. The summed E-state index contributed by atoms with van der Waals surface area (Å²) < 4.78 is 5.36. The molecule has 0 aliphatic carbocycles. The molecule has 1 amide bonds. The Bertz CT molecular complexity index is 463. The van der Waals surface area contributed by atoms with Crippen molar-refractivity contribution in [2.45, 2.75) is 26.1 Å². The Labute approximate surface area is 107 Å². The maximum absolute atomic E-state index is 12.6. The second kappa shape index (κ2) is 4.07. The largest absolute Gasteiger partial charge is 0.379 e. The molecule has 96 valence electrons. The van der Waals surface area contributed by atoms with Gasteiger partial charge in [0.1, 0.15) is 0 Å². The van der Waals surface area contributed by atoms with Crippen LogP contribution in [0, 0.1) is 5.41 Å². The standard InChI is InChI=1S/C14H18N2O2/c1-14(9-18-8-12(14)15)13(17)16-6-10-4-2-3-5-11(10)7-16/h2-5,12H,6-9,15H2,1H3. The summed E-state index contributed by atoms with van der Waals surface area (Å²) in [5.41, 5.74) is 7.92. The number of nitrogens with zero attached hydrogens (tertiary/aromatic N) is 1. The van der Waals surface area contributed by atoms with Gasteiger partial charge in [-0.25, -0.2) is 0 Å². The molecule has 1 saturated heterocycles. The van der Waals surface area contributed by atoms with Crippen LogP contribution in [0.2, 0.25) is 0 Å². The Morgan fingerprint density at radius 3 is 2.50 bits per heavy atom. The zero-order valence-electron chi connectivity index (χ0n) is 10.6. The Morgan fingerprint density at radius 2 is 2.00 bits per heavy atom. The van der Waals surface area contributed by atoms with E-state index in [-0.39, 0.29) is 11.9 Å². The van der Waals surface area contributed by atoms with E-state index in [4.69, 9.17) is 10.5 Å². The number of fused-ring (bicyclic) bond motifs is 1. The van der Waals surface area contributed by atoms with E-state index >= 15 is 0 Å². The van der Waals surface area contributed by atoms with E-state index in [1.165, 1.54) is 11.1 Å². The van der Waals surface area contributed by atoms with E-state index in [9.17, 15) is 4.79 Å². The minimum Gasteiger partial charge on any atom is -0.379 e. The second-order valence-corrected chi connectivity index (χ2v) is 5.47. The van der Waals surface area contributed by atoms with Crippen LogP contribution in [0.15, 0.2) is 24.3 Å². The maximum Gasteiger partial charge on any atom is 0.233 e. The average molecular weight is 246 g/mol. The monoisotopic (exact) mass is 246 g/mol. The average Bonchev–Trinajstić information content (AvgIpc) is 2.94. The van der Waals surface area contributed by atoms with Gasteiger partial charge in [0.15, 0.2) is 0 Å². The van der Waals surface area contributed by atoms with Gasteiger partial charge < -0.3 is 15.4 Å². The number of amides is 1. The lowest BCUT2D eigenvalue weighted by Crippen LogP contribution is -2.50. The summed E-state index contributed by atoms with van der Waals surface area (Å²) in [5.74, 6) is 0.115. The highest BCUT2D eigenvalue weighted by Crippen LogP contribution is 2.33. The zero-order chi connectivity index (χ0) is 12.8. The molecule has 2 aliphatic heterocycles. The molecular formula is C14H18N2O2. The number of carbonyl (C=O) groups is 1. The molecule has 2 atom stereocenters. The van der Waals surface area contributed by atoms with Gasteiger partial charge in [-0.2, -0.15) is 0 Å². The molecule has 4 nitrogen and oxygen atoms in total. The third-order valence-corrected chi connectivity index (χ3v) is 4.13. The number of benzene rings is 1. The van der Waals surface area contributed by atoms with E-state index in [1.807, 2.05) is 24.0 Å². The summed E-state index contributed by atoms with van der Waals surface area (Å²) in [7, 11) is 0. The molecule has 4 heteroatoms. The number of hydrogen-bond donors (Lipinski definition) is 1. The van der Waals surface area contributed by atoms with Crippen LogP contribution in [-0.2, 0) is 22.6 Å². The highest BCUT2D eigenvalue weighted by atomic mass is 16.5. The first-order chi connectivity index (χ1) is 8.61. The fourth-order valence-corrected chi connectivity index (χ4v) is 2.75. The van der Waals surface area contributed by atoms with Crippen molar-refractivity contribution >= 4 is 5.91 Å². The van der Waals surface area contributed by atoms with Gasteiger partial charge in [0.05, 0.1) is 18.6 Å². The Kier molecular flexibility index (Phi) is 2.64. The molecule has 1 fully saturated rings. The molecule has 1 aromatic rings. The van der Waals surface area contributed by atoms with Crippen LogP contribution >= 0.6 is 0 Å². The lowest BCUT2D eigenvalue weighted by molar-refractivity contribution is -0.142. The van der Waals surface area contributed by atoms with E-state index in [1.54, 1.807) is 0 Å². The molecule has 0 spiro atoms. The summed E-state index contributed by atoms with van der Waals surface area (Å²) in [5, 5.41) is 0. The third-order valence-electron chi connectivity index (χ3n) is 4.13. The Hall–Kier alpha value is -1.39. The van der Waals surface area contributed by atoms with Crippen molar-refractivity contribution < 1.29 is 9.53 Å². The minimum absolute atomic E-state index is 0.115. The Balaban J connectivity index is 1.80. The molecular weight excluding hydrogens is 228 g/mol. The van der Waals surface area contributed by atoms with Crippen molar-refractivity contribution in [2.24, 2.45) is 11.1 Å². The predicted molar refractivity (Wildman–Crippen MR) is 67.6 cm³/mol. The van der Waals surface area contributed by atoms with Crippen molar-refractivity contribution in [1.82, 2.24) is 4.90 Å². The number of rotatable bonds is 1. The first-order valence-electron chi connectivity index (χ1n) is 6.31. The lowest BCUT2D eigenvalue weighted by atomic mass is 9.84. The molecule has 3 rings (SSSR count). The molecule has 2 aliphatic rings. The van der Waals surface area contributed by atoms with Gasteiger partial charge in [-0.3, -0.25) is 4.79 Å². The topological polar surface area (TPSA) is 55.6 Å². The van der Waals surface area contributed by atoms with E-state index < -0.39 is 5.41 Å². The molecule has 2 heterocycles. The van der Waals surface area contributed by atoms with Crippen molar-refractivity contribution in [2.75, 3.05) is 13.2 Å². The molecule has 1 aromatic carbocycles. The number of hydrogen-bond acceptors (Lipinski definition) is 3. The van der Waals surface area contributed by atoms with Gasteiger partial charge in [0.2, 0.25) is 5.91 Å². The van der Waals surface area contributed by atoms with Crippen LogP contribution in [0.5, 0.6) is 0 Å². The molecule has 18 heavy (non-hydrogen) atoms. The van der Waals surface area contributed by atoms with Gasteiger partial charge in [0, 0.05) is 19.1 Å². The minimum atomic E-state index is -0.567. The molecule has 0 aromatic heterocycles. The van der Waals surface area contributed by atoms with E-state index in [0.717, 1.165) is 0 Å². The van der Waals surface area contributed by atoms with Crippen molar-refractivity contribution in [3.05, 3.63) is 35.4 Å². The van der Waals surface area contributed by atoms with Crippen LogP contribution in [0.25, 0.3) is 0 Å². The van der Waals surface area contributed by atoms with Crippen molar-refractivity contribution in [3.8, 4) is 0 Å². The summed E-state index contributed by atoms with van der Waals surface area (Å²) >= 11 is 0. The molecule has 2 unspecified atom stereocenters. The van der Waals surface area contributed by atoms with Crippen molar-refractivity contribution in [1.29, 1.82) is 0 Å². The molecule has 0 saturated carbocycles. The van der Waals surface area contributed by atoms with E-state index in [0.29, 0.717) is 26.3 Å². The maximum atomic E-state index is 12.6. The second-order valence-electron chi connectivity index (χ2n) is 5.47. The van der Waals surface area contributed by atoms with Crippen molar-refractivity contribution in [3.63, 3.8) is 0 Å². The lowest BCUT2D eigenvalue weighted by Gasteiger charge is -2.30. The third kappa shape index (κ3) is 1.64. The van der Waals surface area contributed by atoms with Gasteiger partial charge in [0.25, 0.3) is 0 Å². The van der Waals surface area contributed by atoms with Crippen LogP contribution < -0.4 is 5.73 Å². The normalized spacial score (nSPS) is 30.6. The number of ether oxygens (including phenoxy) is 1. The zero-order valence-corrected chi connectivity index (χ0v) is 10.6. The molecule has 0 bridgehead atoms. The van der Waals surface area contributed by atoms with Crippen LogP contribution in [-0.4, -0.2) is 30.1 Å². The van der Waals surface area contributed by atoms with Gasteiger partial charge in [-0.1, -0.05) is 24.3 Å². The van der Waals surface area contributed by atoms with Gasteiger partial charge in [-0.15, -0.1) is 0 Å². The van der Waals surface area contributed by atoms with Gasteiger partial charge in [-0.05, 0) is 18.1 Å². The summed E-state index contributed by atoms with van der Waals surface area (Å²) in [6.45, 7) is 4.20. The summed E-state index contributed by atoms with van der Waals surface area (Å²) in [6.07, 6.45) is 0.